The molecule has 3 nitrogen and oxygen atoms in total. The Morgan fingerprint density at radius 1 is 1.42 bits per heavy atom. The van der Waals surface area contributed by atoms with Crippen molar-refractivity contribution in [3.63, 3.8) is 0 Å². The maximum Gasteiger partial charge on any atom is 0.310 e. The van der Waals surface area contributed by atoms with Crippen LogP contribution in [0.4, 0.5) is 0 Å². The third-order valence-electron chi connectivity index (χ3n) is 4.78. The van der Waals surface area contributed by atoms with Crippen LogP contribution in [0.15, 0.2) is 24.3 Å². The van der Waals surface area contributed by atoms with E-state index < -0.39 is 11.4 Å². The molecule has 1 saturated heterocycles. The summed E-state index contributed by atoms with van der Waals surface area (Å²) in [4.78, 5) is 13.8. The lowest BCUT2D eigenvalue weighted by Gasteiger charge is -2.41. The summed E-state index contributed by atoms with van der Waals surface area (Å²) in [7, 11) is 0. The number of nitrogens with zero attached hydrogens (tertiary/aromatic N) is 1. The van der Waals surface area contributed by atoms with Crippen LogP contribution in [0.5, 0.6) is 0 Å². The monoisotopic (exact) mass is 259 g/mol. The van der Waals surface area contributed by atoms with E-state index in [1.165, 1.54) is 11.1 Å². The lowest BCUT2D eigenvalue weighted by atomic mass is 9.81. The van der Waals surface area contributed by atoms with Gasteiger partial charge in [-0.3, -0.25) is 9.69 Å². The van der Waals surface area contributed by atoms with Gasteiger partial charge in [-0.05, 0) is 50.3 Å². The smallest absolute Gasteiger partial charge is 0.310 e. The number of carboxylic acid groups (broad SMARTS) is 1. The average molecular weight is 259 g/mol. The minimum atomic E-state index is -0.650. The van der Waals surface area contributed by atoms with Crippen LogP contribution in [-0.4, -0.2) is 29.1 Å². The molecule has 1 aliphatic carbocycles. The highest BCUT2D eigenvalue weighted by Crippen LogP contribution is 2.40. The summed E-state index contributed by atoms with van der Waals surface area (Å²) < 4.78 is 0. The Balaban J connectivity index is 1.82. The zero-order chi connectivity index (χ0) is 13.5. The number of likely N-dealkylation sites (tertiary alicyclic amines) is 1. The highest BCUT2D eigenvalue weighted by molar-refractivity contribution is 5.74. The zero-order valence-electron chi connectivity index (χ0n) is 11.4. The molecule has 1 fully saturated rings. The van der Waals surface area contributed by atoms with E-state index >= 15 is 0 Å². The Hall–Kier alpha value is -1.35. The lowest BCUT2D eigenvalue weighted by molar-refractivity contribution is -0.151. The molecular formula is C16H21NO2. The van der Waals surface area contributed by atoms with Gasteiger partial charge in [0, 0.05) is 12.6 Å². The van der Waals surface area contributed by atoms with E-state index in [2.05, 4.69) is 29.2 Å². The number of rotatable bonds is 2. The SMILES string of the molecule is CC1(C(=O)O)CCCN(C2CCc3ccccc32)C1. The predicted octanol–water partition coefficient (Wildman–Crippen LogP) is 2.86. The maximum absolute atomic E-state index is 11.5. The molecule has 1 aromatic carbocycles. The van der Waals surface area contributed by atoms with Gasteiger partial charge in [-0.25, -0.2) is 0 Å². The van der Waals surface area contributed by atoms with Gasteiger partial charge in [0.05, 0.1) is 5.41 Å². The molecule has 0 spiro atoms. The van der Waals surface area contributed by atoms with E-state index in [4.69, 9.17) is 0 Å². The first-order valence-electron chi connectivity index (χ1n) is 7.15. The van der Waals surface area contributed by atoms with Gasteiger partial charge in [-0.1, -0.05) is 24.3 Å². The first kappa shape index (κ1) is 12.7. The molecular weight excluding hydrogens is 238 g/mol. The summed E-state index contributed by atoms with van der Waals surface area (Å²) in [6.07, 6.45) is 4.05. The first-order valence-corrected chi connectivity index (χ1v) is 7.15. The Morgan fingerprint density at radius 2 is 2.21 bits per heavy atom. The molecule has 102 valence electrons. The van der Waals surface area contributed by atoms with Crippen molar-refractivity contribution in [2.24, 2.45) is 5.41 Å². The summed E-state index contributed by atoms with van der Waals surface area (Å²) in [5.41, 5.74) is 2.28. The zero-order valence-corrected chi connectivity index (χ0v) is 11.4. The molecule has 0 radical (unpaired) electrons. The summed E-state index contributed by atoms with van der Waals surface area (Å²) >= 11 is 0. The van der Waals surface area contributed by atoms with Gasteiger partial charge < -0.3 is 5.11 Å². The van der Waals surface area contributed by atoms with E-state index in [0.29, 0.717) is 12.6 Å². The van der Waals surface area contributed by atoms with Crippen LogP contribution in [-0.2, 0) is 11.2 Å². The second kappa shape index (κ2) is 4.64. The van der Waals surface area contributed by atoms with Gasteiger partial charge >= 0.3 is 5.97 Å². The number of aliphatic carboxylic acids is 1. The van der Waals surface area contributed by atoms with Gasteiger partial charge in [0.25, 0.3) is 0 Å². The molecule has 1 heterocycles. The summed E-state index contributed by atoms with van der Waals surface area (Å²) in [6, 6.07) is 9.03. The Labute approximate surface area is 114 Å². The van der Waals surface area contributed by atoms with Crippen LogP contribution in [0.1, 0.15) is 43.4 Å². The summed E-state index contributed by atoms with van der Waals surface area (Å²) in [5.74, 6) is -0.650. The van der Waals surface area contributed by atoms with Crippen LogP contribution in [0.2, 0.25) is 0 Å². The van der Waals surface area contributed by atoms with E-state index in [9.17, 15) is 9.90 Å². The maximum atomic E-state index is 11.5. The third kappa shape index (κ3) is 2.16. The molecule has 1 aromatic rings. The molecule has 2 unspecified atom stereocenters. The second-order valence-electron chi connectivity index (χ2n) is 6.19. The summed E-state index contributed by atoms with van der Waals surface area (Å²) in [6.45, 7) is 3.60. The Bertz CT molecular complexity index is 499. The topological polar surface area (TPSA) is 40.5 Å². The molecule has 2 aliphatic rings. The van der Waals surface area contributed by atoms with Crippen molar-refractivity contribution in [2.45, 2.75) is 38.6 Å². The van der Waals surface area contributed by atoms with Crippen LogP contribution < -0.4 is 0 Å². The average Bonchev–Trinajstić information content (AvgIpc) is 2.82. The number of piperidine rings is 1. The highest BCUT2D eigenvalue weighted by Gasteiger charge is 2.41. The van der Waals surface area contributed by atoms with Gasteiger partial charge in [0.1, 0.15) is 0 Å². The quantitative estimate of drug-likeness (QED) is 0.888. The fraction of sp³-hybridized carbons (Fsp3) is 0.562. The standard InChI is InChI=1S/C16H21NO2/c1-16(15(18)19)9-4-10-17(11-16)14-8-7-12-5-2-3-6-13(12)14/h2-3,5-6,14H,4,7-11H2,1H3,(H,18,19). The predicted molar refractivity (Wildman–Crippen MR) is 74.1 cm³/mol. The molecule has 19 heavy (non-hydrogen) atoms. The number of hydrogen-bond donors (Lipinski definition) is 1. The van der Waals surface area contributed by atoms with Gasteiger partial charge in [0.2, 0.25) is 0 Å². The van der Waals surface area contributed by atoms with E-state index in [1.54, 1.807) is 0 Å². The summed E-state index contributed by atoms with van der Waals surface area (Å²) in [5, 5.41) is 9.43. The van der Waals surface area contributed by atoms with Gasteiger partial charge in [0.15, 0.2) is 0 Å². The normalized spacial score (nSPS) is 31.1. The van der Waals surface area contributed by atoms with Crippen molar-refractivity contribution in [2.75, 3.05) is 13.1 Å². The first-order chi connectivity index (χ1) is 9.10. The van der Waals surface area contributed by atoms with Crippen LogP contribution in [0.3, 0.4) is 0 Å². The third-order valence-corrected chi connectivity index (χ3v) is 4.78. The molecule has 0 saturated carbocycles. The second-order valence-corrected chi connectivity index (χ2v) is 6.19. The lowest BCUT2D eigenvalue weighted by Crippen LogP contribution is -2.46. The van der Waals surface area contributed by atoms with Crippen molar-refractivity contribution >= 4 is 5.97 Å². The van der Waals surface area contributed by atoms with E-state index in [0.717, 1.165) is 32.2 Å². The molecule has 3 rings (SSSR count). The number of benzene rings is 1. The minimum Gasteiger partial charge on any atom is -0.481 e. The van der Waals surface area contributed by atoms with Gasteiger partial charge in [-0.15, -0.1) is 0 Å². The minimum absolute atomic E-state index is 0.426. The van der Waals surface area contributed by atoms with E-state index in [1.807, 2.05) is 6.92 Å². The fourth-order valence-electron chi connectivity index (χ4n) is 3.63. The van der Waals surface area contributed by atoms with Crippen LogP contribution in [0.25, 0.3) is 0 Å². The largest absolute Gasteiger partial charge is 0.481 e. The number of hydrogen-bond acceptors (Lipinski definition) is 2. The number of carboxylic acids is 1. The molecule has 2 atom stereocenters. The number of carbonyl (C=O) groups is 1. The molecule has 1 N–H and O–H groups in total. The van der Waals surface area contributed by atoms with Crippen molar-refractivity contribution in [3.05, 3.63) is 35.4 Å². The van der Waals surface area contributed by atoms with Gasteiger partial charge in [-0.2, -0.15) is 0 Å². The van der Waals surface area contributed by atoms with Crippen molar-refractivity contribution in [1.82, 2.24) is 4.90 Å². The van der Waals surface area contributed by atoms with Crippen LogP contribution >= 0.6 is 0 Å². The number of fused-ring (bicyclic) bond motifs is 1. The van der Waals surface area contributed by atoms with E-state index in [-0.39, 0.29) is 0 Å². The van der Waals surface area contributed by atoms with Crippen molar-refractivity contribution < 1.29 is 9.90 Å². The highest BCUT2D eigenvalue weighted by atomic mass is 16.4. The molecule has 0 amide bonds. The van der Waals surface area contributed by atoms with Crippen molar-refractivity contribution in [3.8, 4) is 0 Å². The van der Waals surface area contributed by atoms with Crippen LogP contribution in [0, 0.1) is 5.41 Å². The number of aryl methyl sites for hydroxylation is 1. The van der Waals surface area contributed by atoms with Crippen molar-refractivity contribution in [1.29, 1.82) is 0 Å². The Morgan fingerprint density at radius 3 is 3.00 bits per heavy atom. The Kier molecular flexibility index (Phi) is 3.09. The molecule has 0 bridgehead atoms. The fourth-order valence-corrected chi connectivity index (χ4v) is 3.63. The molecule has 0 aromatic heterocycles. The molecule has 3 heteroatoms. The molecule has 1 aliphatic heterocycles.